The number of hydrogen-bond donors (Lipinski definition) is 2. The lowest BCUT2D eigenvalue weighted by atomic mass is 9.95. The van der Waals surface area contributed by atoms with E-state index in [4.69, 9.17) is 67.3 Å². The number of benzene rings is 8. The Bertz CT molecular complexity index is 3450. The van der Waals surface area contributed by atoms with Gasteiger partial charge in [0.05, 0.1) is 65.6 Å². The van der Waals surface area contributed by atoms with Crippen LogP contribution in [-0.4, -0.2) is 111 Å². The van der Waals surface area contributed by atoms with Crippen LogP contribution in [0.4, 0.5) is 4.79 Å². The van der Waals surface area contributed by atoms with Crippen molar-refractivity contribution >= 4 is 12.1 Å². The van der Waals surface area contributed by atoms with Crippen molar-refractivity contribution < 1.29 is 71.2 Å². The molecule has 8 aromatic carbocycles. The largest absolute Gasteiger partial charge is 0.458 e. The molecular formula is C79H90N2O15. The molecule has 2 heterocycles. The van der Waals surface area contributed by atoms with Crippen molar-refractivity contribution in [3.8, 4) is 0 Å². The van der Waals surface area contributed by atoms with Gasteiger partial charge in [-0.1, -0.05) is 243 Å². The summed E-state index contributed by atoms with van der Waals surface area (Å²) >= 11 is 0. The highest BCUT2D eigenvalue weighted by Crippen LogP contribution is 2.38. The zero-order valence-corrected chi connectivity index (χ0v) is 54.9. The summed E-state index contributed by atoms with van der Waals surface area (Å²) in [4.78, 5) is 27.7. The summed E-state index contributed by atoms with van der Waals surface area (Å²) in [6.45, 7) is 6.58. The van der Waals surface area contributed by atoms with Gasteiger partial charge in [0.25, 0.3) is 0 Å². The number of carbonyl (C=O) groups is 2. The van der Waals surface area contributed by atoms with Crippen LogP contribution in [0.3, 0.4) is 0 Å². The van der Waals surface area contributed by atoms with E-state index >= 15 is 0 Å². The first-order chi connectivity index (χ1) is 47.0. The van der Waals surface area contributed by atoms with E-state index in [0.29, 0.717) is 0 Å². The molecule has 3 N–H and O–H groups in total. The Balaban J connectivity index is 1.06. The van der Waals surface area contributed by atoms with Crippen molar-refractivity contribution in [3.63, 3.8) is 0 Å². The zero-order chi connectivity index (χ0) is 66.6. The van der Waals surface area contributed by atoms with Crippen LogP contribution in [0.2, 0.25) is 0 Å². The molecule has 12 atom stereocenters. The van der Waals surface area contributed by atoms with E-state index < -0.39 is 91.2 Å². The molecule has 17 heteroatoms. The third kappa shape index (κ3) is 22.6. The molecule has 0 unspecified atom stereocenters. The Morgan fingerprint density at radius 1 is 0.406 bits per heavy atom. The second-order valence-electron chi connectivity index (χ2n) is 24.9. The number of nitrogens with two attached hydrogens (primary N) is 1. The fraction of sp³-hybridized carbons (Fsp3) is 0.367. The molecule has 2 saturated heterocycles. The molecule has 0 spiro atoms. The Labute approximate surface area is 564 Å². The van der Waals surface area contributed by atoms with Crippen LogP contribution in [0.15, 0.2) is 243 Å². The maximum absolute atomic E-state index is 14.1. The van der Waals surface area contributed by atoms with Crippen LogP contribution in [0.5, 0.6) is 0 Å². The number of rotatable bonds is 35. The van der Waals surface area contributed by atoms with E-state index in [0.717, 1.165) is 44.5 Å². The van der Waals surface area contributed by atoms with Gasteiger partial charge in [0.2, 0.25) is 0 Å². The van der Waals surface area contributed by atoms with Crippen molar-refractivity contribution in [2.45, 2.75) is 166 Å². The topological polar surface area (TPSA) is 192 Å². The van der Waals surface area contributed by atoms with Crippen LogP contribution in [0, 0.1) is 0 Å². The molecule has 2 fully saturated rings. The first kappa shape index (κ1) is 70.8. The van der Waals surface area contributed by atoms with E-state index in [9.17, 15) is 9.59 Å². The van der Waals surface area contributed by atoms with Gasteiger partial charge in [-0.3, -0.25) is 0 Å². The van der Waals surface area contributed by atoms with Crippen LogP contribution in [0.25, 0.3) is 0 Å². The number of nitrogens with one attached hydrogen (secondary N) is 1. The van der Waals surface area contributed by atoms with E-state index in [2.05, 4.69) is 5.32 Å². The first-order valence-electron chi connectivity index (χ1n) is 33.0. The highest BCUT2D eigenvalue weighted by Gasteiger charge is 2.55. The number of ether oxygens (including phenoxy) is 13. The lowest BCUT2D eigenvalue weighted by Gasteiger charge is -2.50. The standard InChI is InChI=1S/C79H90N2O15/c1-79(2,3)96-75(82)66(81-78(83)91-54-64-42-26-11-27-43-64)45-44-65(46-80)92-77-74(72(89-52-62-38-22-9-23-39-62)70(87-50-60-34-18-7-19-35-60)68(94-77)56-85-48-58-30-14-5-15-31-58)95-76-73(90-53-63-40-24-10-25-41-63)71(88-51-61-36-20-8-21-37-61)69(86-49-59-32-16-6-17-33-59)67(93-76)55-84-47-57-28-12-4-13-29-57/h4-43,65-74,76-77H,44-56,80H2,1-3H3,(H,81,83)/t65-,66+,67-,68-,69-,70+,71+,72+,73-,74-,76-,77-/m1/s1. The van der Waals surface area contributed by atoms with Gasteiger partial charge < -0.3 is 72.6 Å². The first-order valence-corrected chi connectivity index (χ1v) is 33.0. The molecule has 0 radical (unpaired) electrons. The van der Waals surface area contributed by atoms with Gasteiger partial charge in [-0.15, -0.1) is 0 Å². The minimum atomic E-state index is -1.33. The van der Waals surface area contributed by atoms with E-state index in [1.165, 1.54) is 0 Å². The average Bonchev–Trinajstić information content (AvgIpc) is 0.771. The highest BCUT2D eigenvalue weighted by molar-refractivity contribution is 5.81. The zero-order valence-electron chi connectivity index (χ0n) is 54.9. The molecule has 2 aliphatic heterocycles. The summed E-state index contributed by atoms with van der Waals surface area (Å²) in [6, 6.07) is 77.3. The van der Waals surface area contributed by atoms with Crippen LogP contribution < -0.4 is 11.1 Å². The number of esters is 1. The van der Waals surface area contributed by atoms with Gasteiger partial charge in [-0.2, -0.15) is 0 Å². The Hall–Kier alpha value is -7.98. The SMILES string of the molecule is CC(C)(C)OC(=O)[C@H](CC[C@H](CN)O[C@@H]1O[C@H](COCc2ccccc2)[C@H](OCc2ccccc2)[C@H](OCc2ccccc2)[C@H]1O[C@H]1O[C@H](COCc2ccccc2)[C@@H](OCc2ccccc2)[C@H](OCc2ccccc2)[C@H]1OCc1ccccc1)NC(=O)OCc1ccccc1. The number of amides is 1. The predicted octanol–water partition coefficient (Wildman–Crippen LogP) is 12.9. The molecule has 2 aliphatic rings. The molecule has 0 aliphatic carbocycles. The molecule has 96 heavy (non-hydrogen) atoms. The monoisotopic (exact) mass is 1310 g/mol. The Kier molecular flexibility index (Phi) is 27.7. The fourth-order valence-corrected chi connectivity index (χ4v) is 11.4. The van der Waals surface area contributed by atoms with Gasteiger partial charge in [0, 0.05) is 6.54 Å². The van der Waals surface area contributed by atoms with Crippen LogP contribution in [0.1, 0.15) is 78.1 Å². The lowest BCUT2D eigenvalue weighted by molar-refractivity contribution is -0.387. The summed E-state index contributed by atoms with van der Waals surface area (Å²) in [5.74, 6) is -0.665. The van der Waals surface area contributed by atoms with Gasteiger partial charge >= 0.3 is 12.1 Å². The van der Waals surface area contributed by atoms with Crippen molar-refractivity contribution in [1.29, 1.82) is 0 Å². The van der Waals surface area contributed by atoms with Crippen molar-refractivity contribution in [2.75, 3.05) is 19.8 Å². The maximum Gasteiger partial charge on any atom is 0.408 e. The third-order valence-corrected chi connectivity index (χ3v) is 16.3. The lowest BCUT2D eigenvalue weighted by Crippen LogP contribution is -2.66. The third-order valence-electron chi connectivity index (χ3n) is 16.3. The molecule has 1 amide bonds. The molecule has 0 bridgehead atoms. The number of carbonyl (C=O) groups excluding carboxylic acids is 2. The number of alkyl carbamates (subject to hydrolysis) is 1. The van der Waals surface area contributed by atoms with Gasteiger partial charge in [0.1, 0.15) is 67.1 Å². The average molecular weight is 1310 g/mol. The fourth-order valence-electron chi connectivity index (χ4n) is 11.4. The molecule has 10 rings (SSSR count). The van der Waals surface area contributed by atoms with Crippen LogP contribution >= 0.6 is 0 Å². The van der Waals surface area contributed by atoms with Crippen molar-refractivity contribution in [3.05, 3.63) is 287 Å². The van der Waals surface area contributed by atoms with Crippen molar-refractivity contribution in [2.24, 2.45) is 5.73 Å². The quantitative estimate of drug-likeness (QED) is 0.0356. The predicted molar refractivity (Wildman–Crippen MR) is 362 cm³/mol. The smallest absolute Gasteiger partial charge is 0.408 e. The summed E-state index contributed by atoms with van der Waals surface area (Å²) in [5.41, 5.74) is 13.1. The second kappa shape index (κ2) is 37.5. The molecule has 8 aromatic rings. The maximum atomic E-state index is 14.1. The molecular weight excluding hydrogens is 1220 g/mol. The Morgan fingerprint density at radius 2 is 0.729 bits per heavy atom. The van der Waals surface area contributed by atoms with Gasteiger partial charge in [-0.25, -0.2) is 9.59 Å². The highest BCUT2D eigenvalue weighted by atomic mass is 16.8. The summed E-state index contributed by atoms with van der Waals surface area (Å²) < 4.78 is 90.3. The molecule has 0 saturated carbocycles. The number of hydrogen-bond acceptors (Lipinski definition) is 16. The minimum Gasteiger partial charge on any atom is -0.458 e. The van der Waals surface area contributed by atoms with Crippen molar-refractivity contribution in [1.82, 2.24) is 5.32 Å². The molecule has 506 valence electrons. The molecule has 17 nitrogen and oxygen atoms in total. The Morgan fingerprint density at radius 3 is 1.09 bits per heavy atom. The van der Waals surface area contributed by atoms with Gasteiger partial charge in [0.15, 0.2) is 12.6 Å². The van der Waals surface area contributed by atoms with Gasteiger partial charge in [-0.05, 0) is 78.1 Å². The van der Waals surface area contributed by atoms with E-state index in [1.54, 1.807) is 20.8 Å². The van der Waals surface area contributed by atoms with E-state index in [1.807, 2.05) is 243 Å². The second-order valence-corrected chi connectivity index (χ2v) is 24.9. The summed E-state index contributed by atoms with van der Waals surface area (Å²) in [6.07, 6.45) is -11.7. The molecule has 0 aromatic heterocycles. The van der Waals surface area contributed by atoms with E-state index in [-0.39, 0.29) is 85.5 Å². The summed E-state index contributed by atoms with van der Waals surface area (Å²) in [7, 11) is 0. The normalized spacial score (nSPS) is 21.8. The van der Waals surface area contributed by atoms with Crippen LogP contribution in [-0.2, 0) is 119 Å². The minimum absolute atomic E-state index is 0.0198. The summed E-state index contributed by atoms with van der Waals surface area (Å²) in [5, 5.41) is 2.77.